The summed E-state index contributed by atoms with van der Waals surface area (Å²) in [4.78, 5) is 26.8. The molecule has 4 nitrogen and oxygen atoms in total. The normalized spacial score (nSPS) is 49.9. The molecule has 5 rings (SSSR count). The van der Waals surface area contributed by atoms with Gasteiger partial charge in [0.1, 0.15) is 6.04 Å². The molecule has 20 heavy (non-hydrogen) atoms. The van der Waals surface area contributed by atoms with E-state index in [0.717, 1.165) is 36.5 Å². The fourth-order valence-electron chi connectivity index (χ4n) is 5.56. The molecule has 5 atom stereocenters. The molecule has 0 aromatic rings. The third kappa shape index (κ3) is 1.48. The lowest BCUT2D eigenvalue weighted by Gasteiger charge is -2.26. The molecule has 0 radical (unpaired) electrons. The van der Waals surface area contributed by atoms with Crippen molar-refractivity contribution in [2.24, 2.45) is 29.6 Å². The number of rotatable bonds is 2. The maximum Gasteiger partial charge on any atom is 0.245 e. The van der Waals surface area contributed by atoms with E-state index in [9.17, 15) is 9.59 Å². The van der Waals surface area contributed by atoms with E-state index in [4.69, 9.17) is 0 Å². The molecule has 4 heteroatoms. The number of nitrogens with one attached hydrogen (secondary N) is 1. The van der Waals surface area contributed by atoms with E-state index < -0.39 is 0 Å². The van der Waals surface area contributed by atoms with Crippen LogP contribution in [0.1, 0.15) is 38.5 Å². The second-order valence-electron chi connectivity index (χ2n) is 7.64. The van der Waals surface area contributed by atoms with Crippen LogP contribution in [0.2, 0.25) is 0 Å². The Morgan fingerprint density at radius 2 is 1.60 bits per heavy atom. The summed E-state index contributed by atoms with van der Waals surface area (Å²) in [5.41, 5.74) is 0. The molecule has 5 fully saturated rings. The Labute approximate surface area is 119 Å². The molecular formula is C16H22N2O2. The highest BCUT2D eigenvalue weighted by molar-refractivity contribution is 5.91. The van der Waals surface area contributed by atoms with Crippen molar-refractivity contribution in [3.05, 3.63) is 0 Å². The molecule has 0 spiro atoms. The number of hydrogen-bond acceptors (Lipinski definition) is 2. The lowest BCUT2D eigenvalue weighted by Crippen LogP contribution is -2.47. The van der Waals surface area contributed by atoms with Gasteiger partial charge in [0.15, 0.2) is 0 Å². The van der Waals surface area contributed by atoms with E-state index in [1.165, 1.54) is 19.3 Å². The van der Waals surface area contributed by atoms with Gasteiger partial charge >= 0.3 is 0 Å². The smallest absolute Gasteiger partial charge is 0.245 e. The maximum atomic E-state index is 12.8. The van der Waals surface area contributed by atoms with Crippen molar-refractivity contribution in [3.63, 3.8) is 0 Å². The van der Waals surface area contributed by atoms with Crippen molar-refractivity contribution in [2.75, 3.05) is 6.54 Å². The van der Waals surface area contributed by atoms with Crippen LogP contribution in [0.4, 0.5) is 0 Å². The molecule has 5 unspecified atom stereocenters. The molecule has 4 aliphatic carbocycles. The van der Waals surface area contributed by atoms with Crippen LogP contribution in [-0.4, -0.2) is 35.3 Å². The summed E-state index contributed by atoms with van der Waals surface area (Å²) in [6.07, 6.45) is 6.89. The Hall–Kier alpha value is -1.06. The average Bonchev–Trinajstić information content (AvgIpc) is 3.34. The summed E-state index contributed by atoms with van der Waals surface area (Å²) in [6, 6.07) is 0.284. The first-order valence-corrected chi connectivity index (χ1v) is 8.34. The SMILES string of the molecule is O=C1CCN(C2C3C4CCC(C4)C32)C(=O)C(C2CC2)N1. The Bertz CT molecular complexity index is 471. The summed E-state index contributed by atoms with van der Waals surface area (Å²) in [6.45, 7) is 0.658. The second-order valence-corrected chi connectivity index (χ2v) is 7.64. The summed E-state index contributed by atoms with van der Waals surface area (Å²) >= 11 is 0. The molecule has 4 saturated carbocycles. The molecular weight excluding hydrogens is 252 g/mol. The minimum Gasteiger partial charge on any atom is -0.344 e. The first kappa shape index (κ1) is 11.6. The van der Waals surface area contributed by atoms with E-state index in [1.807, 2.05) is 0 Å². The predicted molar refractivity (Wildman–Crippen MR) is 72.6 cm³/mol. The van der Waals surface area contributed by atoms with Crippen molar-refractivity contribution < 1.29 is 9.59 Å². The minimum atomic E-state index is -0.205. The highest BCUT2D eigenvalue weighted by Gasteiger charge is 2.67. The zero-order chi connectivity index (χ0) is 13.4. The van der Waals surface area contributed by atoms with Crippen LogP contribution in [0.5, 0.6) is 0 Å². The number of carbonyl (C=O) groups excluding carboxylic acids is 2. The van der Waals surface area contributed by atoms with Crippen LogP contribution < -0.4 is 5.32 Å². The summed E-state index contributed by atoms with van der Waals surface area (Å²) in [5, 5.41) is 2.98. The number of hydrogen-bond donors (Lipinski definition) is 1. The number of carbonyl (C=O) groups is 2. The zero-order valence-electron chi connectivity index (χ0n) is 11.8. The van der Waals surface area contributed by atoms with E-state index in [2.05, 4.69) is 10.2 Å². The third-order valence-electron chi connectivity index (χ3n) is 6.59. The Balaban J connectivity index is 1.40. The van der Waals surface area contributed by atoms with E-state index in [1.54, 1.807) is 0 Å². The topological polar surface area (TPSA) is 49.4 Å². The van der Waals surface area contributed by atoms with Crippen LogP contribution >= 0.6 is 0 Å². The van der Waals surface area contributed by atoms with Crippen molar-refractivity contribution in [1.82, 2.24) is 10.2 Å². The molecule has 1 heterocycles. The first-order valence-electron chi connectivity index (χ1n) is 8.34. The van der Waals surface area contributed by atoms with E-state index >= 15 is 0 Å². The van der Waals surface area contributed by atoms with Crippen molar-refractivity contribution >= 4 is 11.8 Å². The highest BCUT2D eigenvalue weighted by atomic mass is 16.2. The molecule has 0 aromatic carbocycles. The molecule has 0 aromatic heterocycles. The fourth-order valence-corrected chi connectivity index (χ4v) is 5.56. The van der Waals surface area contributed by atoms with Crippen molar-refractivity contribution in [2.45, 2.75) is 50.6 Å². The standard InChI is InChI=1S/C16H22N2O2/c19-11-5-6-18(16(20)14(17-11)8-1-2-8)15-12-9-3-4-10(7-9)13(12)15/h8-10,12-15H,1-7H2,(H,17,19). The monoisotopic (exact) mass is 274 g/mol. The second kappa shape index (κ2) is 3.77. The van der Waals surface area contributed by atoms with Crippen LogP contribution in [-0.2, 0) is 9.59 Å². The van der Waals surface area contributed by atoms with Gasteiger partial charge in [0.25, 0.3) is 0 Å². The van der Waals surface area contributed by atoms with E-state index in [-0.39, 0.29) is 17.9 Å². The Kier molecular flexibility index (Phi) is 2.19. The van der Waals surface area contributed by atoms with Gasteiger partial charge in [-0.05, 0) is 61.7 Å². The van der Waals surface area contributed by atoms with Crippen LogP contribution in [0, 0.1) is 29.6 Å². The molecule has 2 amide bonds. The van der Waals surface area contributed by atoms with Crippen molar-refractivity contribution in [3.8, 4) is 0 Å². The summed E-state index contributed by atoms with van der Waals surface area (Å²) in [7, 11) is 0. The molecule has 108 valence electrons. The lowest BCUT2D eigenvalue weighted by atomic mass is 10.0. The maximum absolute atomic E-state index is 12.8. The Morgan fingerprint density at radius 3 is 2.25 bits per heavy atom. The highest BCUT2D eigenvalue weighted by Crippen LogP contribution is 2.67. The molecule has 5 aliphatic rings. The average molecular weight is 274 g/mol. The summed E-state index contributed by atoms with van der Waals surface area (Å²) in [5.74, 6) is 4.06. The number of fused-ring (bicyclic) bond motifs is 5. The molecule has 2 bridgehead atoms. The lowest BCUT2D eigenvalue weighted by molar-refractivity contribution is -0.135. The number of amides is 2. The quantitative estimate of drug-likeness (QED) is 0.821. The molecule has 1 N–H and O–H groups in total. The Morgan fingerprint density at radius 1 is 0.950 bits per heavy atom. The zero-order valence-corrected chi connectivity index (χ0v) is 11.8. The van der Waals surface area contributed by atoms with Crippen molar-refractivity contribution in [1.29, 1.82) is 0 Å². The van der Waals surface area contributed by atoms with Gasteiger partial charge in [-0.3, -0.25) is 9.59 Å². The van der Waals surface area contributed by atoms with Crippen LogP contribution in [0.15, 0.2) is 0 Å². The van der Waals surface area contributed by atoms with Gasteiger partial charge in [-0.15, -0.1) is 0 Å². The van der Waals surface area contributed by atoms with Gasteiger partial charge in [-0.2, -0.15) is 0 Å². The molecule has 1 aliphatic heterocycles. The van der Waals surface area contributed by atoms with Gasteiger partial charge in [-0.1, -0.05) is 0 Å². The van der Waals surface area contributed by atoms with Crippen LogP contribution in [0.3, 0.4) is 0 Å². The van der Waals surface area contributed by atoms with Gasteiger partial charge in [0, 0.05) is 19.0 Å². The first-order chi connectivity index (χ1) is 9.74. The molecule has 1 saturated heterocycles. The van der Waals surface area contributed by atoms with Gasteiger partial charge in [-0.25, -0.2) is 0 Å². The third-order valence-corrected chi connectivity index (χ3v) is 6.59. The van der Waals surface area contributed by atoms with Gasteiger partial charge < -0.3 is 10.2 Å². The van der Waals surface area contributed by atoms with E-state index in [0.29, 0.717) is 24.9 Å². The van der Waals surface area contributed by atoms with Gasteiger partial charge in [0.05, 0.1) is 0 Å². The van der Waals surface area contributed by atoms with Gasteiger partial charge in [0.2, 0.25) is 11.8 Å². The summed E-state index contributed by atoms with van der Waals surface area (Å²) < 4.78 is 0. The fraction of sp³-hybridized carbons (Fsp3) is 0.875. The predicted octanol–water partition coefficient (Wildman–Crippen LogP) is 1.16. The largest absolute Gasteiger partial charge is 0.344 e. The minimum absolute atomic E-state index is 0.0755. The number of nitrogens with zero attached hydrogens (tertiary/aromatic N) is 1. The van der Waals surface area contributed by atoms with Crippen LogP contribution in [0.25, 0.3) is 0 Å².